The summed E-state index contributed by atoms with van der Waals surface area (Å²) in [6.07, 6.45) is 25.6. The van der Waals surface area contributed by atoms with Crippen molar-refractivity contribution in [1.29, 1.82) is 0 Å². The first kappa shape index (κ1) is 35.3. The molecule has 0 amide bonds. The quantitative estimate of drug-likeness (QED) is 0.197. The second-order valence-electron chi connectivity index (χ2n) is 15.6. The van der Waals surface area contributed by atoms with Crippen LogP contribution in [0.5, 0.6) is 0 Å². The Morgan fingerprint density at radius 3 is 0.432 bits per heavy atom. The van der Waals surface area contributed by atoms with Gasteiger partial charge >= 0.3 is 0 Å². The van der Waals surface area contributed by atoms with E-state index in [0.29, 0.717) is 49.3 Å². The lowest BCUT2D eigenvalue weighted by atomic mass is 9.76. The summed E-state index contributed by atoms with van der Waals surface area (Å²) in [6, 6.07) is 0. The summed E-state index contributed by atoms with van der Waals surface area (Å²) in [4.78, 5) is 0. The summed E-state index contributed by atoms with van der Waals surface area (Å²) in [5.74, 6) is 5.97. The van der Waals surface area contributed by atoms with Crippen LogP contribution in [-0.4, -0.2) is 83.0 Å². The molecule has 12 radical (unpaired) electrons. The number of rotatable bonds is 0. The molecule has 12 heteroatoms. The molecule has 4 aliphatic carbocycles. The largest absolute Gasteiger partial charge is 0.286 e. The number of hydrogen-bond donors (Lipinski definition) is 8. The average molecular weight is 596 g/mol. The molecule has 9 rings (SSSR count). The minimum Gasteiger partial charge on any atom is -0.286 e. The van der Waals surface area contributed by atoms with Crippen molar-refractivity contribution >= 4 is 33.7 Å². The molecule has 5 aliphatic heterocycles. The van der Waals surface area contributed by atoms with Gasteiger partial charge in [0.05, 0.1) is 49.3 Å². The third kappa shape index (κ3) is 6.03. The van der Waals surface area contributed by atoms with E-state index in [1.807, 2.05) is 0 Å². The summed E-state index contributed by atoms with van der Waals surface area (Å²) in [5.41, 5.74) is 0. The minimum atomic E-state index is 0. The van der Waals surface area contributed by atoms with E-state index in [1.54, 1.807) is 0 Å². The Kier molecular flexibility index (Phi) is 11.7. The van der Waals surface area contributed by atoms with Crippen LogP contribution < -0.4 is 42.5 Å². The summed E-state index contributed by atoms with van der Waals surface area (Å²) in [6.45, 7) is 0. The van der Waals surface area contributed by atoms with Gasteiger partial charge < -0.3 is 0 Å². The van der Waals surface area contributed by atoms with Crippen molar-refractivity contribution in [3.05, 3.63) is 0 Å². The van der Waals surface area contributed by atoms with Crippen molar-refractivity contribution in [3.8, 4) is 0 Å². The molecule has 4 saturated carbocycles. The smallest absolute Gasteiger partial charge is 0.0628 e. The molecule has 5 heterocycles. The van der Waals surface area contributed by atoms with E-state index in [9.17, 15) is 0 Å². The Labute approximate surface area is 275 Å². The van der Waals surface area contributed by atoms with Gasteiger partial charge in [-0.1, -0.05) is 51.4 Å². The van der Waals surface area contributed by atoms with Gasteiger partial charge in [-0.2, -0.15) is 0 Å². The van der Waals surface area contributed by atoms with Crippen molar-refractivity contribution < 1.29 is 0 Å². The summed E-state index contributed by atoms with van der Waals surface area (Å²) >= 11 is 0. The van der Waals surface area contributed by atoms with Gasteiger partial charge in [0.1, 0.15) is 0 Å². The molecular weight excluding hydrogens is 540 g/mol. The second kappa shape index (κ2) is 14.6. The lowest BCUT2D eigenvalue weighted by molar-refractivity contribution is 0.167. The van der Waals surface area contributed by atoms with Gasteiger partial charge in [0, 0.05) is 33.7 Å². The zero-order chi connectivity index (χ0) is 26.2. The van der Waals surface area contributed by atoms with E-state index in [-0.39, 0.29) is 33.7 Å². The highest BCUT2D eigenvalue weighted by Gasteiger charge is 2.54. The van der Waals surface area contributed by atoms with Crippen LogP contribution in [-0.2, 0) is 0 Å². The summed E-state index contributed by atoms with van der Waals surface area (Å²) < 4.78 is 0. The Morgan fingerprint density at radius 2 is 0.318 bits per heavy atom. The molecule has 44 heavy (non-hydrogen) atoms. The third-order valence-corrected chi connectivity index (χ3v) is 13.8. The maximum absolute atomic E-state index is 4.26. The van der Waals surface area contributed by atoms with Gasteiger partial charge in [-0.25, -0.2) is 0 Å². The van der Waals surface area contributed by atoms with Crippen LogP contribution in [0.1, 0.15) is 103 Å². The van der Waals surface area contributed by atoms with E-state index in [0.717, 1.165) is 47.3 Å². The van der Waals surface area contributed by atoms with Gasteiger partial charge in [0.25, 0.3) is 0 Å². The van der Waals surface area contributed by atoms with Crippen molar-refractivity contribution in [2.45, 2.75) is 152 Å². The van der Waals surface area contributed by atoms with Crippen molar-refractivity contribution in [1.82, 2.24) is 42.5 Å². The monoisotopic (exact) mass is 597 g/mol. The average Bonchev–Trinajstić information content (AvgIpc) is 3.73. The Balaban J connectivity index is 0.000000960. The van der Waals surface area contributed by atoms with E-state index in [1.165, 1.54) is 103 Å². The first-order valence-electron chi connectivity index (χ1n) is 17.9. The van der Waals surface area contributed by atoms with Crippen molar-refractivity contribution in [2.24, 2.45) is 47.3 Å². The first-order valence-corrected chi connectivity index (χ1v) is 17.9. The molecule has 0 spiro atoms. The normalized spacial score (nSPS) is 52.4. The minimum absolute atomic E-state index is 0. The fourth-order valence-electron chi connectivity index (χ4n) is 12.0. The Hall–Kier alpha value is -0.0603. The van der Waals surface area contributed by atoms with E-state index in [2.05, 4.69) is 42.5 Å². The summed E-state index contributed by atoms with van der Waals surface area (Å²) in [7, 11) is 0. The standard InChI is InChI=1S/C32H56N8.4B/c1-2-10-18-17(9-1)25-33-26(18)38-28-21-13-5-6-14-22(21)30(35-28)40-32-24-16-8-7-15-23(24)31(36-32)39-29-20-12-4-3-11-19(20)27(34-29)37-25;;;;/h17-40H,1-16H2;;;;. The fourth-order valence-corrected chi connectivity index (χ4v) is 12.0. The van der Waals surface area contributed by atoms with Crippen LogP contribution in [0.25, 0.3) is 0 Å². The molecule has 0 aromatic rings. The zero-order valence-electron chi connectivity index (χ0n) is 26.9. The van der Waals surface area contributed by atoms with Crippen LogP contribution in [0.4, 0.5) is 0 Å². The molecule has 236 valence electrons. The molecule has 8 nitrogen and oxygen atoms in total. The van der Waals surface area contributed by atoms with E-state index >= 15 is 0 Å². The summed E-state index contributed by atoms with van der Waals surface area (Å²) in [5, 5.41) is 33.8. The SMILES string of the molecule is C1CCC2C3NC(NC4NC(NC5NC(NC6NC(N3)C3CCCCC63)C3CCCCC53)C3CCCCC43)C2C1.[B].[B].[B].[B]. The molecule has 8 unspecified atom stereocenters. The Morgan fingerprint density at radius 1 is 0.205 bits per heavy atom. The fraction of sp³-hybridized carbons (Fsp3) is 1.00. The Bertz CT molecular complexity index is 729. The van der Waals surface area contributed by atoms with Gasteiger partial charge in [0.2, 0.25) is 0 Å². The number of nitrogens with one attached hydrogen (secondary N) is 8. The topological polar surface area (TPSA) is 96.2 Å². The molecule has 9 fully saturated rings. The second-order valence-corrected chi connectivity index (χ2v) is 15.6. The predicted octanol–water partition coefficient (Wildman–Crippen LogP) is 1.08. The molecule has 9 aliphatic rings. The highest BCUT2D eigenvalue weighted by Crippen LogP contribution is 2.45. The highest BCUT2D eigenvalue weighted by molar-refractivity contribution is 5.76. The molecular formula is C32H56B4N8. The van der Waals surface area contributed by atoms with Gasteiger partial charge in [0.15, 0.2) is 0 Å². The molecule has 8 atom stereocenters. The van der Waals surface area contributed by atoms with Crippen LogP contribution in [0.2, 0.25) is 0 Å². The van der Waals surface area contributed by atoms with Crippen LogP contribution in [0, 0.1) is 47.3 Å². The highest BCUT2D eigenvalue weighted by atomic mass is 15.4. The van der Waals surface area contributed by atoms with Crippen LogP contribution in [0.3, 0.4) is 0 Å². The number of fused-ring (bicyclic) bond motifs is 20. The number of hydrogen-bond acceptors (Lipinski definition) is 8. The van der Waals surface area contributed by atoms with Gasteiger partial charge in [-0.3, -0.25) is 42.5 Å². The van der Waals surface area contributed by atoms with Crippen molar-refractivity contribution in [3.63, 3.8) is 0 Å². The molecule has 8 bridgehead atoms. The first-order chi connectivity index (χ1) is 19.8. The van der Waals surface area contributed by atoms with E-state index < -0.39 is 0 Å². The van der Waals surface area contributed by atoms with Crippen LogP contribution >= 0.6 is 0 Å². The molecule has 0 aromatic heterocycles. The lowest BCUT2D eigenvalue weighted by Crippen LogP contribution is -2.61. The molecule has 8 N–H and O–H groups in total. The maximum atomic E-state index is 4.26. The van der Waals surface area contributed by atoms with E-state index in [4.69, 9.17) is 0 Å². The van der Waals surface area contributed by atoms with Gasteiger partial charge in [-0.15, -0.1) is 0 Å². The third-order valence-electron chi connectivity index (χ3n) is 13.8. The molecule has 0 aromatic carbocycles. The zero-order valence-corrected chi connectivity index (χ0v) is 26.9. The lowest BCUT2D eigenvalue weighted by Gasteiger charge is -2.35. The van der Waals surface area contributed by atoms with Crippen LogP contribution in [0.15, 0.2) is 0 Å². The maximum Gasteiger partial charge on any atom is 0.0628 e. The van der Waals surface area contributed by atoms with Crippen molar-refractivity contribution in [2.75, 3.05) is 0 Å². The van der Waals surface area contributed by atoms with Gasteiger partial charge in [-0.05, 0) is 98.7 Å². The molecule has 5 saturated heterocycles. The predicted molar refractivity (Wildman–Crippen MR) is 180 cm³/mol.